The van der Waals surface area contributed by atoms with E-state index in [1.54, 1.807) is 44.6 Å². The van der Waals surface area contributed by atoms with E-state index in [9.17, 15) is 33.9 Å². The van der Waals surface area contributed by atoms with Gasteiger partial charge in [0.2, 0.25) is 6.41 Å². The number of phenols is 1. The number of anilines is 1. The third-order valence-corrected chi connectivity index (χ3v) is 11.2. The Bertz CT molecular complexity index is 2530. The van der Waals surface area contributed by atoms with Gasteiger partial charge in [0.05, 0.1) is 44.1 Å². The van der Waals surface area contributed by atoms with Crippen LogP contribution in [-0.2, 0) is 33.4 Å². The molecule has 1 aromatic heterocycles. The monoisotopic (exact) mass is 928 g/mol. The number of rotatable bonds is 15. The second-order valence-electron chi connectivity index (χ2n) is 17.1. The molecule has 1 saturated heterocycles. The van der Waals surface area contributed by atoms with E-state index in [2.05, 4.69) is 10.6 Å². The minimum atomic E-state index is -1.42. The molecular weight excluding hydrogens is 869 g/mol. The van der Waals surface area contributed by atoms with Crippen molar-refractivity contribution < 1.29 is 66.7 Å². The van der Waals surface area contributed by atoms with Crippen LogP contribution in [0.3, 0.4) is 0 Å². The molecule has 0 aliphatic carbocycles. The van der Waals surface area contributed by atoms with E-state index in [4.69, 9.17) is 37.6 Å². The summed E-state index contributed by atoms with van der Waals surface area (Å²) in [5.74, 6) is -2.08. The van der Waals surface area contributed by atoms with Crippen LogP contribution in [0, 0.1) is 11.8 Å². The maximum atomic E-state index is 13.3. The Morgan fingerprint density at radius 2 is 1.60 bits per heavy atom. The topological polar surface area (TPSA) is 224 Å². The van der Waals surface area contributed by atoms with Gasteiger partial charge in [-0.1, -0.05) is 58.2 Å². The van der Waals surface area contributed by atoms with Crippen molar-refractivity contribution in [2.24, 2.45) is 11.8 Å². The molecule has 360 valence electrons. The molecule has 1 fully saturated rings. The van der Waals surface area contributed by atoms with Crippen molar-refractivity contribution in [2.45, 2.75) is 111 Å². The average Bonchev–Trinajstić information content (AvgIpc) is 3.30. The van der Waals surface area contributed by atoms with Crippen molar-refractivity contribution in [3.63, 3.8) is 0 Å². The summed E-state index contributed by atoms with van der Waals surface area (Å²) < 4.78 is 45.2. The lowest BCUT2D eigenvalue weighted by Crippen LogP contribution is -2.50. The van der Waals surface area contributed by atoms with Crippen molar-refractivity contribution >= 4 is 53.0 Å². The Morgan fingerprint density at radius 3 is 2.22 bits per heavy atom. The van der Waals surface area contributed by atoms with Crippen molar-refractivity contribution in [3.8, 4) is 39.9 Å². The van der Waals surface area contributed by atoms with Crippen LogP contribution >= 0.6 is 0 Å². The molecule has 3 heterocycles. The number of carbonyl (C=O) groups excluding carboxylic acids is 5. The van der Waals surface area contributed by atoms with Crippen LogP contribution in [0.1, 0.15) is 96.5 Å². The molecule has 67 heavy (non-hydrogen) atoms. The van der Waals surface area contributed by atoms with E-state index in [0.29, 0.717) is 64.3 Å². The normalized spacial score (nSPS) is 19.7. The number of carbonyl (C=O) groups is 5. The quantitative estimate of drug-likeness (QED) is 0.0259. The summed E-state index contributed by atoms with van der Waals surface area (Å²) in [5.41, 5.74) is 0.893. The van der Waals surface area contributed by atoms with Crippen molar-refractivity contribution in [3.05, 3.63) is 76.2 Å². The van der Waals surface area contributed by atoms with Gasteiger partial charge < -0.3 is 53.3 Å². The molecule has 17 heteroatoms. The summed E-state index contributed by atoms with van der Waals surface area (Å²) in [5, 5.41) is 15.7. The van der Waals surface area contributed by atoms with Gasteiger partial charge in [-0.3, -0.25) is 19.2 Å². The largest absolute Gasteiger partial charge is 0.505 e. The number of benzene rings is 3. The lowest BCUT2D eigenvalue weighted by Gasteiger charge is -2.29. The van der Waals surface area contributed by atoms with Crippen LogP contribution in [0.5, 0.6) is 28.7 Å². The maximum absolute atomic E-state index is 13.3. The van der Waals surface area contributed by atoms with Crippen LogP contribution in [0.2, 0.25) is 0 Å². The number of ether oxygens (including phenoxy) is 7. The first kappa shape index (κ1) is 51.0. The summed E-state index contributed by atoms with van der Waals surface area (Å²) >= 11 is 0. The minimum absolute atomic E-state index is 0.00114. The molecule has 0 spiro atoms. The number of phenolic OH excluding ortho intramolecular Hbond substituents is 1. The van der Waals surface area contributed by atoms with Crippen molar-refractivity contribution in [1.29, 1.82) is 0 Å². The lowest BCUT2D eigenvalue weighted by atomic mass is 9.92. The summed E-state index contributed by atoms with van der Waals surface area (Å²) in [4.78, 5) is 75.6. The fourth-order valence-electron chi connectivity index (χ4n) is 7.78. The highest BCUT2D eigenvalue weighted by atomic mass is 16.6. The van der Waals surface area contributed by atoms with E-state index < -0.39 is 71.1 Å². The van der Waals surface area contributed by atoms with Crippen LogP contribution in [-0.4, -0.2) is 86.6 Å². The van der Waals surface area contributed by atoms with E-state index in [1.165, 1.54) is 39.2 Å². The molecule has 4 aromatic rings. The molecule has 0 bridgehead atoms. The number of aromatic hydroxyl groups is 1. The number of nitrogens with one attached hydrogen (secondary N) is 2. The van der Waals surface area contributed by atoms with E-state index in [-0.39, 0.29) is 23.6 Å². The van der Waals surface area contributed by atoms with Gasteiger partial charge in [0.15, 0.2) is 17.9 Å². The zero-order chi connectivity index (χ0) is 49.2. The Morgan fingerprint density at radius 1 is 0.910 bits per heavy atom. The second-order valence-corrected chi connectivity index (χ2v) is 17.1. The van der Waals surface area contributed by atoms with Crippen LogP contribution in [0.4, 0.5) is 5.69 Å². The average molecular weight is 929 g/mol. The zero-order valence-electron chi connectivity index (χ0n) is 39.5. The number of hydrogen-bond acceptors (Lipinski definition) is 15. The molecule has 5 unspecified atom stereocenters. The van der Waals surface area contributed by atoms with Gasteiger partial charge in [-0.05, 0) is 82.0 Å². The smallest absolute Gasteiger partial charge is 0.347 e. The Hall–Kier alpha value is -7.04. The van der Waals surface area contributed by atoms with Gasteiger partial charge in [0.25, 0.3) is 5.91 Å². The lowest BCUT2D eigenvalue weighted by molar-refractivity contribution is -0.175. The number of amides is 2. The Labute approximate surface area is 389 Å². The number of hydrogen-bond donors (Lipinski definition) is 3. The summed E-state index contributed by atoms with van der Waals surface area (Å²) in [7, 11) is 4.68. The van der Waals surface area contributed by atoms with Gasteiger partial charge in [-0.2, -0.15) is 0 Å². The molecule has 3 aromatic carbocycles. The molecule has 3 N–H and O–H groups in total. The molecule has 0 radical (unpaired) electrons. The Balaban J connectivity index is 0.000000259. The first-order chi connectivity index (χ1) is 31.9. The molecule has 2 aliphatic rings. The molecule has 2 aliphatic heterocycles. The van der Waals surface area contributed by atoms with Gasteiger partial charge in [0.1, 0.15) is 57.3 Å². The van der Waals surface area contributed by atoms with E-state index >= 15 is 0 Å². The fraction of sp³-hybridized carbons (Fsp3) is 0.440. The molecular formula is C50H60N2O15. The zero-order valence-corrected chi connectivity index (χ0v) is 39.5. The third-order valence-electron chi connectivity index (χ3n) is 11.2. The standard InChI is InChI=1S/C27H38N2O9.C23H22O6/c1-6-7-8-10-19-24(38-21(31)13-15(2)3)17(5)37-27(35)22(16(4)36-26(19)34)29-25(33)18-11-9-12-20(23(18)32)28-14-30;1-23(2)11-10-15-16(29-23)12-17-19(20(15)26-4)21(27-5)18(22(24)28-17)13-6-8-14(25-3)9-7-13/h9,11-12,14-17,19,22,24,32H,6-8,10,13H2,1-5H3,(H,28,30)(H,29,33);6-12H,1-5H3. The van der Waals surface area contributed by atoms with Crippen LogP contribution < -0.4 is 35.2 Å². The predicted octanol–water partition coefficient (Wildman–Crippen LogP) is 7.76. The predicted molar refractivity (Wildman–Crippen MR) is 248 cm³/mol. The summed E-state index contributed by atoms with van der Waals surface area (Å²) in [6, 6.07) is 11.5. The van der Waals surface area contributed by atoms with Gasteiger partial charge in [0, 0.05) is 12.5 Å². The SMILES string of the molecule is CCCCCC1C(=O)OC(C)C(NC(=O)c2cccc(NC=O)c2O)C(=O)OC(C)C1OC(=O)CC(C)C.COc1ccc(-c2c(OC)c3c(OC)c4c(cc3oc2=O)OC(C)(C)C=C4)cc1. The van der Waals surface area contributed by atoms with Gasteiger partial charge >= 0.3 is 23.5 Å². The number of esters is 3. The van der Waals surface area contributed by atoms with Crippen LogP contribution in [0.15, 0.2) is 63.8 Å². The van der Waals surface area contributed by atoms with E-state index in [0.717, 1.165) is 18.4 Å². The third kappa shape index (κ3) is 12.1. The first-order valence-electron chi connectivity index (χ1n) is 22.1. The number of methoxy groups -OCH3 is 3. The number of cyclic esters (lactones) is 2. The maximum Gasteiger partial charge on any atom is 0.347 e. The molecule has 5 atom stereocenters. The first-order valence-corrected chi connectivity index (χ1v) is 22.1. The second kappa shape index (κ2) is 22.4. The highest BCUT2D eigenvalue weighted by Gasteiger charge is 2.44. The highest BCUT2D eigenvalue weighted by molar-refractivity contribution is 6.02. The number of unbranched alkanes of at least 4 members (excludes halogenated alkanes) is 2. The van der Waals surface area contributed by atoms with Crippen molar-refractivity contribution in [2.75, 3.05) is 26.6 Å². The molecule has 2 amide bonds. The van der Waals surface area contributed by atoms with Crippen molar-refractivity contribution in [1.82, 2.24) is 5.32 Å². The molecule has 6 rings (SSSR count). The van der Waals surface area contributed by atoms with E-state index in [1.807, 2.05) is 46.8 Å². The number of para-hydroxylation sites is 1. The summed E-state index contributed by atoms with van der Waals surface area (Å²) in [6.07, 6.45) is 3.97. The van der Waals surface area contributed by atoms with Gasteiger partial charge in [-0.15, -0.1) is 0 Å². The fourth-order valence-corrected chi connectivity index (χ4v) is 7.78. The minimum Gasteiger partial charge on any atom is -0.505 e. The summed E-state index contributed by atoms with van der Waals surface area (Å²) in [6.45, 7) is 12.6. The Kier molecular flexibility index (Phi) is 17.1. The highest BCUT2D eigenvalue weighted by Crippen LogP contribution is 2.47. The number of fused-ring (bicyclic) bond motifs is 2. The van der Waals surface area contributed by atoms with Crippen LogP contribution in [0.25, 0.3) is 28.2 Å². The molecule has 17 nitrogen and oxygen atoms in total. The van der Waals surface area contributed by atoms with Gasteiger partial charge in [-0.25, -0.2) is 9.59 Å². The molecule has 0 saturated carbocycles.